The fraction of sp³-hybridized carbons (Fsp3) is 0.333. The van der Waals surface area contributed by atoms with Crippen LogP contribution in [0.3, 0.4) is 0 Å². The highest BCUT2D eigenvalue weighted by atomic mass is 79.9. The van der Waals surface area contributed by atoms with Gasteiger partial charge in [-0.05, 0) is 54.7 Å². The number of rotatable bonds is 5. The Morgan fingerprint density at radius 2 is 2.14 bits per heavy atom. The van der Waals surface area contributed by atoms with Crippen LogP contribution in [0.5, 0.6) is 5.75 Å². The van der Waals surface area contributed by atoms with E-state index in [-0.39, 0.29) is 0 Å². The van der Waals surface area contributed by atoms with Crippen molar-refractivity contribution in [3.05, 3.63) is 58.1 Å². The number of ether oxygens (including phenoxy) is 1. The van der Waals surface area contributed by atoms with E-state index in [9.17, 15) is 0 Å². The molecule has 1 N–H and O–H groups in total. The van der Waals surface area contributed by atoms with Gasteiger partial charge in [-0.2, -0.15) is 0 Å². The van der Waals surface area contributed by atoms with Crippen LogP contribution >= 0.6 is 15.9 Å². The maximum absolute atomic E-state index is 5.70. The van der Waals surface area contributed by atoms with Crippen LogP contribution in [0.15, 0.2) is 46.9 Å². The molecule has 2 aromatic rings. The molecule has 0 bridgehead atoms. The summed E-state index contributed by atoms with van der Waals surface area (Å²) in [6.45, 7) is 2.89. The second-order valence-electron chi connectivity index (χ2n) is 5.46. The third-order valence-electron chi connectivity index (χ3n) is 3.83. The number of anilines is 1. The second kappa shape index (κ2) is 6.52. The third kappa shape index (κ3) is 3.41. The van der Waals surface area contributed by atoms with Gasteiger partial charge in [0.25, 0.3) is 0 Å². The summed E-state index contributed by atoms with van der Waals surface area (Å²) in [7, 11) is 0. The average Bonchev–Trinajstić information content (AvgIpc) is 2.87. The zero-order chi connectivity index (χ0) is 14.7. The first-order valence-electron chi connectivity index (χ1n) is 7.54. The first-order valence-corrected chi connectivity index (χ1v) is 8.33. The Balaban J connectivity index is 1.73. The molecule has 0 amide bonds. The smallest absolute Gasteiger partial charge is 0.121 e. The number of hydrogen-bond acceptors (Lipinski definition) is 2. The Labute approximate surface area is 134 Å². The van der Waals surface area contributed by atoms with Crippen LogP contribution in [0.25, 0.3) is 0 Å². The van der Waals surface area contributed by atoms with E-state index in [0.29, 0.717) is 6.04 Å². The lowest BCUT2D eigenvalue weighted by molar-refractivity contribution is 0.317. The van der Waals surface area contributed by atoms with Crippen LogP contribution in [-0.2, 0) is 6.42 Å². The van der Waals surface area contributed by atoms with Crippen LogP contribution in [0, 0.1) is 0 Å². The Kier molecular flexibility index (Phi) is 4.49. The van der Waals surface area contributed by atoms with Crippen LogP contribution in [0.1, 0.15) is 36.9 Å². The molecule has 0 saturated heterocycles. The quantitative estimate of drug-likeness (QED) is 0.789. The van der Waals surface area contributed by atoms with Gasteiger partial charge in [-0.15, -0.1) is 0 Å². The Morgan fingerprint density at radius 3 is 3.00 bits per heavy atom. The van der Waals surface area contributed by atoms with Gasteiger partial charge in [0.1, 0.15) is 5.75 Å². The van der Waals surface area contributed by atoms with Crippen molar-refractivity contribution in [3.63, 3.8) is 0 Å². The molecule has 2 aromatic carbocycles. The molecular formula is C18H20BrNO. The van der Waals surface area contributed by atoms with Gasteiger partial charge in [-0.25, -0.2) is 0 Å². The molecule has 21 heavy (non-hydrogen) atoms. The van der Waals surface area contributed by atoms with Crippen molar-refractivity contribution < 1.29 is 4.74 Å². The Bertz CT molecular complexity index is 626. The Hall–Kier alpha value is -1.48. The van der Waals surface area contributed by atoms with Gasteiger partial charge < -0.3 is 10.1 Å². The molecule has 0 spiro atoms. The van der Waals surface area contributed by atoms with Gasteiger partial charge in [0.2, 0.25) is 0 Å². The summed E-state index contributed by atoms with van der Waals surface area (Å²) in [5.41, 5.74) is 3.99. The lowest BCUT2D eigenvalue weighted by atomic mass is 10.1. The highest BCUT2D eigenvalue weighted by Crippen LogP contribution is 2.35. The molecule has 0 aromatic heterocycles. The van der Waals surface area contributed by atoms with Gasteiger partial charge in [0.15, 0.2) is 0 Å². The van der Waals surface area contributed by atoms with Crippen molar-refractivity contribution in [3.8, 4) is 5.75 Å². The maximum atomic E-state index is 5.70. The zero-order valence-corrected chi connectivity index (χ0v) is 13.8. The molecule has 1 aliphatic carbocycles. The summed E-state index contributed by atoms with van der Waals surface area (Å²) >= 11 is 3.55. The SMILES string of the molecule is CCCOc1cccc(NC2CCc3cc(Br)ccc32)c1. The number of hydrogen-bond donors (Lipinski definition) is 1. The lowest BCUT2D eigenvalue weighted by Crippen LogP contribution is -2.07. The fourth-order valence-electron chi connectivity index (χ4n) is 2.83. The van der Waals surface area contributed by atoms with Crippen LogP contribution in [0.2, 0.25) is 0 Å². The Morgan fingerprint density at radius 1 is 1.24 bits per heavy atom. The second-order valence-corrected chi connectivity index (χ2v) is 6.37. The standard InChI is InChI=1S/C18H20BrNO/c1-2-10-21-16-5-3-4-15(12-16)20-18-9-6-13-11-14(19)7-8-17(13)18/h3-5,7-8,11-12,18,20H,2,6,9-10H2,1H3. The van der Waals surface area contributed by atoms with Crippen molar-refractivity contribution in [1.29, 1.82) is 0 Å². The third-order valence-corrected chi connectivity index (χ3v) is 4.32. The van der Waals surface area contributed by atoms with Gasteiger partial charge in [-0.3, -0.25) is 0 Å². The number of fused-ring (bicyclic) bond motifs is 1. The molecule has 3 heteroatoms. The molecule has 0 aliphatic heterocycles. The minimum absolute atomic E-state index is 0.398. The predicted molar refractivity (Wildman–Crippen MR) is 91.1 cm³/mol. The van der Waals surface area contributed by atoms with E-state index in [0.717, 1.165) is 41.8 Å². The summed E-state index contributed by atoms with van der Waals surface area (Å²) < 4.78 is 6.86. The van der Waals surface area contributed by atoms with Crippen molar-refractivity contribution in [2.45, 2.75) is 32.2 Å². The van der Waals surface area contributed by atoms with E-state index in [4.69, 9.17) is 4.74 Å². The lowest BCUT2D eigenvalue weighted by Gasteiger charge is -2.16. The molecule has 110 valence electrons. The largest absolute Gasteiger partial charge is 0.494 e. The van der Waals surface area contributed by atoms with E-state index in [1.807, 2.05) is 12.1 Å². The van der Waals surface area contributed by atoms with Crippen LogP contribution in [-0.4, -0.2) is 6.61 Å². The normalized spacial score (nSPS) is 16.6. The molecule has 2 nitrogen and oxygen atoms in total. The minimum Gasteiger partial charge on any atom is -0.494 e. The maximum Gasteiger partial charge on any atom is 0.121 e. The topological polar surface area (TPSA) is 21.3 Å². The zero-order valence-electron chi connectivity index (χ0n) is 12.2. The minimum atomic E-state index is 0.398. The van der Waals surface area contributed by atoms with E-state index in [1.54, 1.807) is 0 Å². The molecule has 1 atom stereocenters. The number of halogens is 1. The first-order chi connectivity index (χ1) is 10.3. The molecule has 1 aliphatic rings. The summed E-state index contributed by atoms with van der Waals surface area (Å²) in [5, 5.41) is 3.64. The molecule has 0 radical (unpaired) electrons. The van der Waals surface area contributed by atoms with Crippen LogP contribution in [0.4, 0.5) is 5.69 Å². The monoisotopic (exact) mass is 345 g/mol. The molecule has 1 unspecified atom stereocenters. The molecular weight excluding hydrogens is 326 g/mol. The van der Waals surface area contributed by atoms with Crippen molar-refractivity contribution >= 4 is 21.6 Å². The van der Waals surface area contributed by atoms with E-state index in [1.165, 1.54) is 11.1 Å². The molecule has 0 saturated carbocycles. The molecule has 3 rings (SSSR count). The summed E-state index contributed by atoms with van der Waals surface area (Å²) in [6, 6.07) is 15.2. The van der Waals surface area contributed by atoms with Gasteiger partial charge in [0.05, 0.1) is 12.6 Å². The number of nitrogens with one attached hydrogen (secondary N) is 1. The van der Waals surface area contributed by atoms with E-state index in [2.05, 4.69) is 58.5 Å². The highest BCUT2D eigenvalue weighted by Gasteiger charge is 2.22. The number of aryl methyl sites for hydroxylation is 1. The highest BCUT2D eigenvalue weighted by molar-refractivity contribution is 9.10. The van der Waals surface area contributed by atoms with Gasteiger partial charge in [0, 0.05) is 16.2 Å². The van der Waals surface area contributed by atoms with E-state index < -0.39 is 0 Å². The van der Waals surface area contributed by atoms with Crippen molar-refractivity contribution in [2.24, 2.45) is 0 Å². The fourth-order valence-corrected chi connectivity index (χ4v) is 3.24. The molecule has 0 fully saturated rings. The van der Waals surface area contributed by atoms with E-state index >= 15 is 0 Å². The summed E-state index contributed by atoms with van der Waals surface area (Å²) in [6.07, 6.45) is 3.31. The average molecular weight is 346 g/mol. The number of benzene rings is 2. The van der Waals surface area contributed by atoms with Gasteiger partial charge in [-0.1, -0.05) is 35.0 Å². The van der Waals surface area contributed by atoms with Crippen molar-refractivity contribution in [1.82, 2.24) is 0 Å². The predicted octanol–water partition coefficient (Wildman–Crippen LogP) is 5.34. The van der Waals surface area contributed by atoms with Crippen molar-refractivity contribution in [2.75, 3.05) is 11.9 Å². The summed E-state index contributed by atoms with van der Waals surface area (Å²) in [5.74, 6) is 0.941. The van der Waals surface area contributed by atoms with Crippen LogP contribution < -0.4 is 10.1 Å². The molecule has 0 heterocycles. The first kappa shape index (κ1) is 14.5. The summed E-state index contributed by atoms with van der Waals surface area (Å²) in [4.78, 5) is 0. The van der Waals surface area contributed by atoms with Gasteiger partial charge >= 0.3 is 0 Å².